The second kappa shape index (κ2) is 3.61. The van der Waals surface area contributed by atoms with Crippen molar-refractivity contribution in [3.05, 3.63) is 0 Å². The van der Waals surface area contributed by atoms with Crippen LogP contribution in [0.4, 0.5) is 0 Å². The average Bonchev–Trinajstić information content (AvgIpc) is 2.49. The van der Waals surface area contributed by atoms with Crippen LogP contribution in [0.3, 0.4) is 0 Å². The maximum atomic E-state index is 2.52. The first-order valence-corrected chi connectivity index (χ1v) is 5.93. The monoisotopic (exact) mass is 181 g/mol. The Hall–Kier alpha value is -0.0400. The second-order valence-electron chi connectivity index (χ2n) is 5.34. The topological polar surface area (TPSA) is 3.24 Å². The van der Waals surface area contributed by atoms with Gasteiger partial charge in [-0.25, -0.2) is 0 Å². The Morgan fingerprint density at radius 3 is 2.38 bits per heavy atom. The quantitative estimate of drug-likeness (QED) is 0.601. The molecule has 1 heteroatoms. The molecule has 0 unspecified atom stereocenters. The Labute approximate surface area is 82.5 Å². The molecule has 1 nitrogen and oxygen atoms in total. The molecular formula is C12H23N. The van der Waals surface area contributed by atoms with Gasteiger partial charge in [-0.15, -0.1) is 0 Å². The van der Waals surface area contributed by atoms with Gasteiger partial charge in [0, 0.05) is 6.54 Å². The Morgan fingerprint density at radius 1 is 1.23 bits per heavy atom. The molecular weight excluding hydrogens is 158 g/mol. The molecule has 0 aromatic rings. The van der Waals surface area contributed by atoms with Gasteiger partial charge in [-0.1, -0.05) is 13.3 Å². The summed E-state index contributed by atoms with van der Waals surface area (Å²) in [5.41, 5.74) is 0.750. The second-order valence-corrected chi connectivity index (χ2v) is 5.34. The fraction of sp³-hybridized carbons (Fsp3) is 1.00. The Bertz CT molecular complexity index is 168. The zero-order valence-electron chi connectivity index (χ0n) is 9.18. The molecule has 1 aliphatic carbocycles. The van der Waals surface area contributed by atoms with Crippen LogP contribution in [-0.4, -0.2) is 25.0 Å². The van der Waals surface area contributed by atoms with E-state index in [9.17, 15) is 0 Å². The number of nitrogens with zero attached hydrogens (tertiary/aromatic N) is 1. The predicted octanol–water partition coefficient (Wildman–Crippen LogP) is 2.91. The van der Waals surface area contributed by atoms with Crippen molar-refractivity contribution in [3.8, 4) is 0 Å². The van der Waals surface area contributed by atoms with Gasteiger partial charge in [-0.05, 0) is 57.0 Å². The van der Waals surface area contributed by atoms with Crippen LogP contribution in [0.25, 0.3) is 0 Å². The van der Waals surface area contributed by atoms with Gasteiger partial charge in [-0.2, -0.15) is 0 Å². The summed E-state index contributed by atoms with van der Waals surface area (Å²) in [5.74, 6) is 1.05. The number of likely N-dealkylation sites (tertiary alicyclic amines) is 1. The van der Waals surface area contributed by atoms with E-state index in [1.807, 2.05) is 0 Å². The van der Waals surface area contributed by atoms with Crippen molar-refractivity contribution in [3.63, 3.8) is 0 Å². The standard InChI is InChI=1S/C12H23N/c1-3-11-4-6-12(7-5-11)8-9-13(2)10-12/h11H,3-10H2,1-2H3. The van der Waals surface area contributed by atoms with Crippen LogP contribution in [-0.2, 0) is 0 Å². The Kier molecular flexibility index (Phi) is 2.64. The maximum absolute atomic E-state index is 2.52. The van der Waals surface area contributed by atoms with Crippen LogP contribution >= 0.6 is 0 Å². The van der Waals surface area contributed by atoms with Crippen LogP contribution in [0.5, 0.6) is 0 Å². The van der Waals surface area contributed by atoms with Crippen LogP contribution in [0.1, 0.15) is 45.4 Å². The lowest BCUT2D eigenvalue weighted by Crippen LogP contribution is -2.30. The minimum absolute atomic E-state index is 0.750. The lowest BCUT2D eigenvalue weighted by molar-refractivity contribution is 0.154. The van der Waals surface area contributed by atoms with Gasteiger partial charge in [0.2, 0.25) is 0 Å². The SMILES string of the molecule is CCC1CCC2(CC1)CCN(C)C2. The highest BCUT2D eigenvalue weighted by atomic mass is 15.1. The summed E-state index contributed by atoms with van der Waals surface area (Å²) < 4.78 is 0. The third-order valence-electron chi connectivity index (χ3n) is 4.37. The first kappa shape index (κ1) is 9.51. The first-order chi connectivity index (χ1) is 6.24. The Morgan fingerprint density at radius 2 is 1.92 bits per heavy atom. The molecule has 1 saturated heterocycles. The van der Waals surface area contributed by atoms with E-state index in [4.69, 9.17) is 0 Å². The van der Waals surface area contributed by atoms with E-state index in [0.29, 0.717) is 0 Å². The molecule has 0 aromatic carbocycles. The summed E-state index contributed by atoms with van der Waals surface area (Å²) in [5, 5.41) is 0. The van der Waals surface area contributed by atoms with Crippen molar-refractivity contribution < 1.29 is 0 Å². The van der Waals surface area contributed by atoms with E-state index >= 15 is 0 Å². The fourth-order valence-corrected chi connectivity index (χ4v) is 3.27. The third kappa shape index (κ3) is 1.90. The number of hydrogen-bond acceptors (Lipinski definition) is 1. The fourth-order valence-electron chi connectivity index (χ4n) is 3.27. The summed E-state index contributed by atoms with van der Waals surface area (Å²) >= 11 is 0. The van der Waals surface area contributed by atoms with Gasteiger partial charge in [0.25, 0.3) is 0 Å². The van der Waals surface area contributed by atoms with E-state index < -0.39 is 0 Å². The van der Waals surface area contributed by atoms with Gasteiger partial charge in [0.05, 0.1) is 0 Å². The van der Waals surface area contributed by atoms with Crippen LogP contribution in [0.15, 0.2) is 0 Å². The molecule has 0 atom stereocenters. The molecule has 1 saturated carbocycles. The van der Waals surface area contributed by atoms with Crippen molar-refractivity contribution in [2.45, 2.75) is 45.4 Å². The predicted molar refractivity (Wildman–Crippen MR) is 56.8 cm³/mol. The summed E-state index contributed by atoms with van der Waals surface area (Å²) in [6.45, 7) is 5.07. The zero-order valence-corrected chi connectivity index (χ0v) is 9.18. The summed E-state index contributed by atoms with van der Waals surface area (Å²) in [4.78, 5) is 2.52. The van der Waals surface area contributed by atoms with Gasteiger partial charge in [0.15, 0.2) is 0 Å². The van der Waals surface area contributed by atoms with Crippen molar-refractivity contribution in [1.82, 2.24) is 4.90 Å². The summed E-state index contributed by atoms with van der Waals surface area (Å²) in [6.07, 6.45) is 8.91. The first-order valence-electron chi connectivity index (χ1n) is 5.93. The lowest BCUT2D eigenvalue weighted by Gasteiger charge is -2.36. The van der Waals surface area contributed by atoms with E-state index in [-0.39, 0.29) is 0 Å². The van der Waals surface area contributed by atoms with Gasteiger partial charge < -0.3 is 4.90 Å². The van der Waals surface area contributed by atoms with Crippen molar-refractivity contribution in [2.24, 2.45) is 11.3 Å². The molecule has 0 bridgehead atoms. The minimum atomic E-state index is 0.750. The molecule has 0 N–H and O–H groups in total. The number of hydrogen-bond donors (Lipinski definition) is 0. The van der Waals surface area contributed by atoms with Crippen molar-refractivity contribution >= 4 is 0 Å². The molecule has 1 heterocycles. The van der Waals surface area contributed by atoms with Crippen molar-refractivity contribution in [1.29, 1.82) is 0 Å². The van der Waals surface area contributed by atoms with Crippen LogP contribution in [0.2, 0.25) is 0 Å². The summed E-state index contributed by atoms with van der Waals surface area (Å²) in [6, 6.07) is 0. The van der Waals surface area contributed by atoms with E-state index in [1.54, 1.807) is 0 Å². The summed E-state index contributed by atoms with van der Waals surface area (Å²) in [7, 11) is 2.28. The number of rotatable bonds is 1. The van der Waals surface area contributed by atoms with Crippen LogP contribution in [0, 0.1) is 11.3 Å². The lowest BCUT2D eigenvalue weighted by atomic mass is 9.69. The largest absolute Gasteiger partial charge is 0.306 e. The normalized spacial score (nSPS) is 41.5. The minimum Gasteiger partial charge on any atom is -0.306 e. The molecule has 2 rings (SSSR count). The molecule has 13 heavy (non-hydrogen) atoms. The molecule has 76 valence electrons. The molecule has 1 aliphatic heterocycles. The highest BCUT2D eigenvalue weighted by Crippen LogP contribution is 2.45. The van der Waals surface area contributed by atoms with Gasteiger partial charge in [-0.3, -0.25) is 0 Å². The van der Waals surface area contributed by atoms with Crippen LogP contribution < -0.4 is 0 Å². The van der Waals surface area contributed by atoms with Gasteiger partial charge in [0.1, 0.15) is 0 Å². The van der Waals surface area contributed by atoms with E-state index in [2.05, 4.69) is 18.9 Å². The molecule has 0 aromatic heterocycles. The molecule has 0 amide bonds. The van der Waals surface area contributed by atoms with Gasteiger partial charge >= 0.3 is 0 Å². The zero-order chi connectivity index (χ0) is 9.31. The van der Waals surface area contributed by atoms with E-state index in [0.717, 1.165) is 11.3 Å². The molecule has 2 fully saturated rings. The van der Waals surface area contributed by atoms with Crippen molar-refractivity contribution in [2.75, 3.05) is 20.1 Å². The smallest absolute Gasteiger partial charge is 0.00354 e. The average molecular weight is 181 g/mol. The van der Waals surface area contributed by atoms with E-state index in [1.165, 1.54) is 51.6 Å². The molecule has 0 radical (unpaired) electrons. The maximum Gasteiger partial charge on any atom is 0.00354 e. The highest BCUT2D eigenvalue weighted by Gasteiger charge is 2.39. The highest BCUT2D eigenvalue weighted by molar-refractivity contribution is 4.92. The Balaban J connectivity index is 1.90. The molecule has 2 aliphatic rings. The molecule has 1 spiro atoms. The third-order valence-corrected chi connectivity index (χ3v) is 4.37.